The molecule has 0 fully saturated rings. The summed E-state index contributed by atoms with van der Waals surface area (Å²) in [6.07, 6.45) is 1.66. The van der Waals surface area contributed by atoms with Crippen LogP contribution in [0.3, 0.4) is 0 Å². The molecule has 0 bridgehead atoms. The summed E-state index contributed by atoms with van der Waals surface area (Å²) in [5, 5.41) is 12.6. The number of aliphatic hydroxyl groups excluding tert-OH is 1. The minimum absolute atomic E-state index is 0.144. The average Bonchev–Trinajstić information content (AvgIpc) is 3.09. The number of hydrogen-bond donors (Lipinski definition) is 2. The zero-order valence-electron chi connectivity index (χ0n) is 11.1. The van der Waals surface area contributed by atoms with E-state index >= 15 is 0 Å². The van der Waals surface area contributed by atoms with Gasteiger partial charge in [-0.2, -0.15) is 0 Å². The van der Waals surface area contributed by atoms with Gasteiger partial charge in [-0.1, -0.05) is 19.4 Å². The van der Waals surface area contributed by atoms with Gasteiger partial charge in [0.25, 0.3) is 10.0 Å². The number of aliphatic hydroxyl groups is 1. The van der Waals surface area contributed by atoms with Gasteiger partial charge in [0.15, 0.2) is 0 Å². The third kappa shape index (κ3) is 3.67. The van der Waals surface area contributed by atoms with Gasteiger partial charge in [-0.15, -0.1) is 22.7 Å². The fraction of sp³-hybridized carbons (Fsp3) is 0.385. The second kappa shape index (κ2) is 6.82. The van der Waals surface area contributed by atoms with Crippen LogP contribution in [0, 0.1) is 0 Å². The Morgan fingerprint density at radius 1 is 1.40 bits per heavy atom. The highest BCUT2D eigenvalue weighted by atomic mass is 32.2. The first kappa shape index (κ1) is 15.7. The zero-order chi connectivity index (χ0) is 14.6. The Labute approximate surface area is 127 Å². The first-order chi connectivity index (χ1) is 9.56. The Bertz CT molecular complexity index is 632. The van der Waals surface area contributed by atoms with Crippen LogP contribution in [0.15, 0.2) is 33.2 Å². The topological polar surface area (TPSA) is 66.4 Å². The Morgan fingerprint density at radius 3 is 2.75 bits per heavy atom. The number of sulfonamides is 1. The molecule has 1 atom stereocenters. The second-order valence-electron chi connectivity index (χ2n) is 4.41. The smallest absolute Gasteiger partial charge is 0.250 e. The summed E-state index contributed by atoms with van der Waals surface area (Å²) in [6, 6.07) is 5.20. The lowest BCUT2D eigenvalue weighted by atomic mass is 10.1. The third-order valence-corrected chi connectivity index (χ3v) is 6.78. The van der Waals surface area contributed by atoms with E-state index < -0.39 is 10.0 Å². The summed E-state index contributed by atoms with van der Waals surface area (Å²) >= 11 is 2.68. The van der Waals surface area contributed by atoms with Crippen LogP contribution in [0.4, 0.5) is 0 Å². The van der Waals surface area contributed by atoms with Gasteiger partial charge in [-0.25, -0.2) is 13.1 Å². The number of hydrogen-bond acceptors (Lipinski definition) is 5. The first-order valence-corrected chi connectivity index (χ1v) is 9.55. The minimum Gasteiger partial charge on any atom is -0.392 e. The van der Waals surface area contributed by atoms with Gasteiger partial charge in [0, 0.05) is 4.88 Å². The van der Waals surface area contributed by atoms with E-state index in [4.69, 9.17) is 5.11 Å². The minimum atomic E-state index is -3.53. The lowest BCUT2D eigenvalue weighted by Gasteiger charge is -2.16. The van der Waals surface area contributed by atoms with Crippen molar-refractivity contribution in [3.8, 4) is 0 Å². The van der Waals surface area contributed by atoms with Gasteiger partial charge in [0.2, 0.25) is 0 Å². The molecule has 2 heterocycles. The molecule has 2 aromatic rings. The van der Waals surface area contributed by atoms with Crippen LogP contribution in [0.25, 0.3) is 0 Å². The van der Waals surface area contributed by atoms with Crippen molar-refractivity contribution in [1.82, 2.24) is 4.72 Å². The monoisotopic (exact) mass is 331 g/mol. The van der Waals surface area contributed by atoms with E-state index in [9.17, 15) is 8.42 Å². The van der Waals surface area contributed by atoms with Crippen molar-refractivity contribution in [3.63, 3.8) is 0 Å². The molecule has 0 saturated carbocycles. The normalized spacial score (nSPS) is 13.5. The summed E-state index contributed by atoms with van der Waals surface area (Å²) in [4.78, 5) is 1.02. The zero-order valence-corrected chi connectivity index (χ0v) is 13.5. The van der Waals surface area contributed by atoms with Crippen molar-refractivity contribution in [1.29, 1.82) is 0 Å². The summed E-state index contributed by atoms with van der Waals surface area (Å²) in [7, 11) is -3.53. The Morgan fingerprint density at radius 2 is 2.20 bits per heavy atom. The Kier molecular flexibility index (Phi) is 5.34. The molecular formula is C13H17NO3S3. The predicted octanol–water partition coefficient (Wildman–Crippen LogP) is 3.12. The van der Waals surface area contributed by atoms with Crippen molar-refractivity contribution in [2.24, 2.45) is 0 Å². The molecule has 2 rings (SSSR count). The largest absolute Gasteiger partial charge is 0.392 e. The molecule has 0 spiro atoms. The van der Waals surface area contributed by atoms with E-state index in [0.29, 0.717) is 5.56 Å². The molecule has 0 aromatic carbocycles. The molecule has 0 aliphatic heterocycles. The van der Waals surface area contributed by atoms with E-state index in [1.165, 1.54) is 6.07 Å². The van der Waals surface area contributed by atoms with Crippen molar-refractivity contribution in [3.05, 3.63) is 39.4 Å². The second-order valence-corrected chi connectivity index (χ2v) is 8.24. The van der Waals surface area contributed by atoms with Crippen molar-refractivity contribution < 1.29 is 13.5 Å². The Hall–Kier alpha value is -0.730. The Balaban J connectivity index is 2.20. The molecule has 4 nitrogen and oxygen atoms in total. The number of thiophene rings is 2. The van der Waals surface area contributed by atoms with Gasteiger partial charge < -0.3 is 5.11 Å². The van der Waals surface area contributed by atoms with Gasteiger partial charge in [-0.3, -0.25) is 0 Å². The highest BCUT2D eigenvalue weighted by Crippen LogP contribution is 2.27. The molecule has 7 heteroatoms. The van der Waals surface area contributed by atoms with Crippen molar-refractivity contribution in [2.75, 3.05) is 0 Å². The average molecular weight is 331 g/mol. The van der Waals surface area contributed by atoms with E-state index in [0.717, 1.165) is 29.1 Å². The maximum Gasteiger partial charge on any atom is 0.250 e. The van der Waals surface area contributed by atoms with Gasteiger partial charge in [0.1, 0.15) is 4.21 Å². The fourth-order valence-electron chi connectivity index (χ4n) is 1.86. The standard InChI is InChI=1S/C13H17NO3S3/c1-2-4-11(12-5-3-6-18-12)14-20(16,17)13-7-10(8-15)9-19-13/h3,5-7,9,11,14-15H,2,4,8H2,1H3. The lowest BCUT2D eigenvalue weighted by Crippen LogP contribution is -2.27. The molecule has 110 valence electrons. The first-order valence-electron chi connectivity index (χ1n) is 6.31. The molecule has 0 aliphatic rings. The summed E-state index contributed by atoms with van der Waals surface area (Å²) in [5.41, 5.74) is 0.624. The molecule has 2 aromatic heterocycles. The van der Waals surface area contributed by atoms with Crippen LogP contribution in [-0.4, -0.2) is 13.5 Å². The molecule has 1 unspecified atom stereocenters. The van der Waals surface area contributed by atoms with Crippen LogP contribution in [0.5, 0.6) is 0 Å². The third-order valence-electron chi connectivity index (χ3n) is 2.84. The van der Waals surface area contributed by atoms with E-state index in [1.807, 2.05) is 24.4 Å². The van der Waals surface area contributed by atoms with Crippen LogP contribution >= 0.6 is 22.7 Å². The summed E-state index contributed by atoms with van der Waals surface area (Å²) < 4.78 is 27.7. The maximum atomic E-state index is 12.4. The molecule has 0 radical (unpaired) electrons. The quantitative estimate of drug-likeness (QED) is 0.819. The van der Waals surface area contributed by atoms with Gasteiger partial charge in [-0.05, 0) is 34.9 Å². The molecular weight excluding hydrogens is 314 g/mol. The number of nitrogens with one attached hydrogen (secondary N) is 1. The van der Waals surface area contributed by atoms with Crippen LogP contribution in [0.1, 0.15) is 36.2 Å². The lowest BCUT2D eigenvalue weighted by molar-refractivity contribution is 0.282. The molecule has 20 heavy (non-hydrogen) atoms. The molecule has 2 N–H and O–H groups in total. The highest BCUT2D eigenvalue weighted by molar-refractivity contribution is 7.91. The van der Waals surface area contributed by atoms with Crippen LogP contribution in [-0.2, 0) is 16.6 Å². The maximum absolute atomic E-state index is 12.4. The van der Waals surface area contributed by atoms with Crippen LogP contribution in [0.2, 0.25) is 0 Å². The number of rotatable bonds is 7. The SMILES string of the molecule is CCCC(NS(=O)(=O)c1cc(CO)cs1)c1cccs1. The van der Waals surface area contributed by atoms with E-state index in [1.54, 1.807) is 16.7 Å². The highest BCUT2D eigenvalue weighted by Gasteiger charge is 2.23. The fourth-order valence-corrected chi connectivity index (χ4v) is 5.21. The van der Waals surface area contributed by atoms with Crippen molar-refractivity contribution in [2.45, 2.75) is 36.6 Å². The molecule has 0 aliphatic carbocycles. The molecule has 0 saturated heterocycles. The van der Waals surface area contributed by atoms with Gasteiger partial charge >= 0.3 is 0 Å². The van der Waals surface area contributed by atoms with E-state index in [2.05, 4.69) is 4.72 Å². The summed E-state index contributed by atoms with van der Waals surface area (Å²) in [5.74, 6) is 0. The van der Waals surface area contributed by atoms with E-state index in [-0.39, 0.29) is 16.9 Å². The molecule has 0 amide bonds. The van der Waals surface area contributed by atoms with Gasteiger partial charge in [0.05, 0.1) is 12.6 Å². The predicted molar refractivity (Wildman–Crippen MR) is 82.5 cm³/mol. The van der Waals surface area contributed by atoms with Crippen LogP contribution < -0.4 is 4.72 Å². The summed E-state index contributed by atoms with van der Waals surface area (Å²) in [6.45, 7) is 1.89. The van der Waals surface area contributed by atoms with Crippen molar-refractivity contribution >= 4 is 32.7 Å².